The molecular formula is C16H25NO2. The van der Waals surface area contributed by atoms with E-state index in [9.17, 15) is 4.79 Å². The van der Waals surface area contributed by atoms with Crippen molar-refractivity contribution in [1.82, 2.24) is 4.90 Å². The van der Waals surface area contributed by atoms with Crippen LogP contribution >= 0.6 is 0 Å². The van der Waals surface area contributed by atoms with Crippen LogP contribution in [0, 0.1) is 5.41 Å². The van der Waals surface area contributed by atoms with Crippen LogP contribution in [-0.2, 0) is 4.74 Å². The second-order valence-corrected chi connectivity index (χ2v) is 5.80. The average Bonchev–Trinajstić information content (AvgIpc) is 2.38. The van der Waals surface area contributed by atoms with E-state index >= 15 is 0 Å². The van der Waals surface area contributed by atoms with Gasteiger partial charge in [-0.3, -0.25) is 4.79 Å². The lowest BCUT2D eigenvalue weighted by Crippen LogP contribution is -2.42. The highest BCUT2D eigenvalue weighted by molar-refractivity contribution is 6.00. The Labute approximate surface area is 116 Å². The van der Waals surface area contributed by atoms with Gasteiger partial charge in [0.1, 0.15) is 0 Å². The average molecular weight is 263 g/mol. The van der Waals surface area contributed by atoms with E-state index in [2.05, 4.69) is 11.8 Å². The quantitative estimate of drug-likeness (QED) is 0.708. The molecule has 0 aromatic heterocycles. The number of benzene rings is 1. The molecule has 0 saturated carbocycles. The molecule has 0 bridgehead atoms. The number of nitrogens with zero attached hydrogens (tertiary/aromatic N) is 1. The summed E-state index contributed by atoms with van der Waals surface area (Å²) in [5.41, 5.74) is 0.373. The highest BCUT2D eigenvalue weighted by Crippen LogP contribution is 2.23. The van der Waals surface area contributed by atoms with Gasteiger partial charge in [0, 0.05) is 30.7 Å². The van der Waals surface area contributed by atoms with Crippen molar-refractivity contribution in [1.29, 1.82) is 0 Å². The number of hydrogen-bond donors (Lipinski definition) is 0. The lowest BCUT2D eigenvalue weighted by Gasteiger charge is -2.32. The molecule has 0 aliphatic rings. The Balaban J connectivity index is 2.73. The van der Waals surface area contributed by atoms with Crippen molar-refractivity contribution in [2.24, 2.45) is 5.41 Å². The number of methoxy groups -OCH3 is 1. The summed E-state index contributed by atoms with van der Waals surface area (Å²) in [5, 5.41) is 0. The van der Waals surface area contributed by atoms with E-state index < -0.39 is 5.41 Å². The standard InChI is InChI=1S/C16H25NO2/c1-13(11-19-5)17(4)12-16(2,3)15(18)14-9-7-6-8-10-14/h6-10,13H,11-12H2,1-5H3. The first-order valence-corrected chi connectivity index (χ1v) is 6.67. The van der Waals surface area contributed by atoms with Crippen molar-refractivity contribution in [2.75, 3.05) is 27.3 Å². The van der Waals surface area contributed by atoms with Gasteiger partial charge in [0.15, 0.2) is 5.78 Å². The lowest BCUT2D eigenvalue weighted by molar-refractivity contribution is 0.0664. The van der Waals surface area contributed by atoms with Gasteiger partial charge in [-0.15, -0.1) is 0 Å². The summed E-state index contributed by atoms with van der Waals surface area (Å²) >= 11 is 0. The highest BCUT2D eigenvalue weighted by Gasteiger charge is 2.30. The lowest BCUT2D eigenvalue weighted by atomic mass is 9.83. The molecule has 1 unspecified atom stereocenters. The van der Waals surface area contributed by atoms with Crippen LogP contribution in [0.5, 0.6) is 0 Å². The third-order valence-electron chi connectivity index (χ3n) is 3.46. The zero-order valence-electron chi connectivity index (χ0n) is 12.6. The number of hydrogen-bond acceptors (Lipinski definition) is 3. The molecule has 1 rings (SSSR count). The Hall–Kier alpha value is -1.19. The van der Waals surface area contributed by atoms with Crippen molar-refractivity contribution < 1.29 is 9.53 Å². The van der Waals surface area contributed by atoms with Gasteiger partial charge in [0.25, 0.3) is 0 Å². The van der Waals surface area contributed by atoms with Crippen LogP contribution in [0.3, 0.4) is 0 Å². The van der Waals surface area contributed by atoms with E-state index in [0.717, 1.165) is 5.56 Å². The zero-order chi connectivity index (χ0) is 14.5. The zero-order valence-corrected chi connectivity index (χ0v) is 12.6. The van der Waals surface area contributed by atoms with E-state index in [1.165, 1.54) is 0 Å². The van der Waals surface area contributed by atoms with Crippen molar-refractivity contribution in [3.05, 3.63) is 35.9 Å². The molecule has 3 heteroatoms. The topological polar surface area (TPSA) is 29.5 Å². The largest absolute Gasteiger partial charge is 0.383 e. The second kappa shape index (κ2) is 6.83. The minimum absolute atomic E-state index is 0.185. The van der Waals surface area contributed by atoms with Gasteiger partial charge >= 0.3 is 0 Å². The van der Waals surface area contributed by atoms with Crippen molar-refractivity contribution >= 4 is 5.78 Å². The predicted octanol–water partition coefficient (Wildman–Crippen LogP) is 2.86. The molecule has 0 aliphatic carbocycles. The fraction of sp³-hybridized carbons (Fsp3) is 0.562. The fourth-order valence-electron chi connectivity index (χ4n) is 2.20. The summed E-state index contributed by atoms with van der Waals surface area (Å²) in [5.74, 6) is 0.185. The van der Waals surface area contributed by atoms with Crippen LogP contribution in [0.25, 0.3) is 0 Å². The molecule has 0 amide bonds. The summed E-state index contributed by atoms with van der Waals surface area (Å²) < 4.78 is 5.16. The maximum atomic E-state index is 12.5. The Morgan fingerprint density at radius 3 is 2.42 bits per heavy atom. The summed E-state index contributed by atoms with van der Waals surface area (Å²) in [6, 6.07) is 9.79. The first kappa shape index (κ1) is 15.9. The molecule has 0 aliphatic heterocycles. The molecule has 3 nitrogen and oxygen atoms in total. The summed E-state index contributed by atoms with van der Waals surface area (Å²) in [6.45, 7) is 7.49. The molecule has 1 atom stereocenters. The van der Waals surface area contributed by atoms with E-state index in [0.29, 0.717) is 19.2 Å². The van der Waals surface area contributed by atoms with Crippen LogP contribution in [-0.4, -0.2) is 44.0 Å². The molecule has 0 spiro atoms. The Morgan fingerprint density at radius 1 is 1.32 bits per heavy atom. The van der Waals surface area contributed by atoms with Crippen LogP contribution in [0.15, 0.2) is 30.3 Å². The number of ether oxygens (including phenoxy) is 1. The minimum Gasteiger partial charge on any atom is -0.383 e. The first-order chi connectivity index (χ1) is 8.88. The molecule has 19 heavy (non-hydrogen) atoms. The van der Waals surface area contributed by atoms with Gasteiger partial charge in [-0.05, 0) is 14.0 Å². The maximum absolute atomic E-state index is 12.5. The van der Waals surface area contributed by atoms with E-state index in [-0.39, 0.29) is 5.78 Å². The molecule has 0 heterocycles. The fourth-order valence-corrected chi connectivity index (χ4v) is 2.20. The molecule has 0 N–H and O–H groups in total. The second-order valence-electron chi connectivity index (χ2n) is 5.80. The smallest absolute Gasteiger partial charge is 0.169 e. The van der Waals surface area contributed by atoms with Crippen molar-refractivity contribution in [3.63, 3.8) is 0 Å². The van der Waals surface area contributed by atoms with Gasteiger partial charge < -0.3 is 9.64 Å². The monoisotopic (exact) mass is 263 g/mol. The van der Waals surface area contributed by atoms with Crippen molar-refractivity contribution in [2.45, 2.75) is 26.8 Å². The summed E-state index contributed by atoms with van der Waals surface area (Å²) in [7, 11) is 3.73. The molecule has 1 aromatic rings. The first-order valence-electron chi connectivity index (χ1n) is 6.67. The number of likely N-dealkylation sites (N-methyl/N-ethyl adjacent to an activating group) is 1. The Bertz CT molecular complexity index is 400. The summed E-state index contributed by atoms with van der Waals surface area (Å²) in [6.07, 6.45) is 0. The number of ketones is 1. The highest BCUT2D eigenvalue weighted by atomic mass is 16.5. The molecular weight excluding hydrogens is 238 g/mol. The normalized spacial score (nSPS) is 13.6. The van der Waals surface area contributed by atoms with Gasteiger partial charge in [-0.25, -0.2) is 0 Å². The molecule has 0 saturated heterocycles. The number of carbonyl (C=O) groups excluding carboxylic acids is 1. The third-order valence-corrected chi connectivity index (χ3v) is 3.46. The van der Waals surface area contributed by atoms with E-state index in [1.807, 2.05) is 51.2 Å². The number of Topliss-reactive ketones (excluding diaryl/α,β-unsaturated/α-hetero) is 1. The van der Waals surface area contributed by atoms with E-state index in [1.54, 1.807) is 7.11 Å². The number of carbonyl (C=O) groups is 1. The molecule has 106 valence electrons. The van der Waals surface area contributed by atoms with Gasteiger partial charge in [0.05, 0.1) is 6.61 Å². The van der Waals surface area contributed by atoms with Gasteiger partial charge in [-0.1, -0.05) is 44.2 Å². The van der Waals surface area contributed by atoms with Crippen LogP contribution in [0.2, 0.25) is 0 Å². The van der Waals surface area contributed by atoms with E-state index in [4.69, 9.17) is 4.74 Å². The van der Waals surface area contributed by atoms with Gasteiger partial charge in [-0.2, -0.15) is 0 Å². The molecule has 0 fully saturated rings. The van der Waals surface area contributed by atoms with Crippen LogP contribution in [0.4, 0.5) is 0 Å². The maximum Gasteiger partial charge on any atom is 0.169 e. The van der Waals surface area contributed by atoms with Crippen LogP contribution in [0.1, 0.15) is 31.1 Å². The Kier molecular flexibility index (Phi) is 5.70. The SMILES string of the molecule is COCC(C)N(C)CC(C)(C)C(=O)c1ccccc1. The molecule has 1 aromatic carbocycles. The molecule has 0 radical (unpaired) electrons. The minimum atomic E-state index is -0.405. The summed E-state index contributed by atoms with van der Waals surface area (Å²) in [4.78, 5) is 14.7. The Morgan fingerprint density at radius 2 is 1.89 bits per heavy atom. The predicted molar refractivity (Wildman–Crippen MR) is 78.5 cm³/mol. The van der Waals surface area contributed by atoms with Crippen molar-refractivity contribution in [3.8, 4) is 0 Å². The van der Waals surface area contributed by atoms with Crippen LogP contribution < -0.4 is 0 Å². The third kappa shape index (κ3) is 4.44. The van der Waals surface area contributed by atoms with Gasteiger partial charge in [0.2, 0.25) is 0 Å². The number of rotatable bonds is 7.